The van der Waals surface area contributed by atoms with Gasteiger partial charge in [0, 0.05) is 55.3 Å². The average molecular weight is 472 g/mol. The minimum Gasteiger partial charge on any atom is -0.354 e. The first-order chi connectivity index (χ1) is 17.0. The van der Waals surface area contributed by atoms with E-state index in [1.807, 2.05) is 36.0 Å². The smallest absolute Gasteiger partial charge is 0.159 e. The number of aromatic nitrogens is 4. The minimum absolute atomic E-state index is 0.367. The molecule has 3 heterocycles. The average Bonchev–Trinajstić information content (AvgIpc) is 3.32. The van der Waals surface area contributed by atoms with E-state index in [1.54, 1.807) is 18.3 Å². The summed E-state index contributed by atoms with van der Waals surface area (Å²) in [5.74, 6) is 0.907. The summed E-state index contributed by atoms with van der Waals surface area (Å²) in [7, 11) is 3.98. The molecular weight excluding hydrogens is 441 g/mol. The Bertz CT molecular complexity index is 1290. The van der Waals surface area contributed by atoms with E-state index in [1.165, 1.54) is 6.08 Å². The molecule has 0 N–H and O–H groups in total. The number of piperidine rings is 1. The summed E-state index contributed by atoms with van der Waals surface area (Å²) < 4.78 is 14.5. The van der Waals surface area contributed by atoms with Crippen molar-refractivity contribution >= 4 is 16.6 Å². The first-order valence-corrected chi connectivity index (χ1v) is 11.7. The van der Waals surface area contributed by atoms with E-state index < -0.39 is 6.67 Å². The van der Waals surface area contributed by atoms with Gasteiger partial charge in [0.15, 0.2) is 5.82 Å². The van der Waals surface area contributed by atoms with Gasteiger partial charge >= 0.3 is 0 Å². The topological polar surface area (TPSA) is 73.9 Å². The molecule has 0 bridgehead atoms. The second kappa shape index (κ2) is 11.1. The lowest BCUT2D eigenvalue weighted by molar-refractivity contribution is 0.224. The van der Waals surface area contributed by atoms with Crippen LogP contribution in [-0.2, 0) is 7.05 Å². The molecule has 1 fully saturated rings. The number of rotatable bonds is 8. The van der Waals surface area contributed by atoms with Crippen LogP contribution in [0.3, 0.4) is 0 Å². The number of aryl methyl sites for hydroxylation is 1. The lowest BCUT2D eigenvalue weighted by Crippen LogP contribution is -2.44. The molecule has 7 nitrogen and oxygen atoms in total. The fraction of sp³-hybridized carbons (Fsp3) is 0.333. The molecule has 4 rings (SSSR count). The molecule has 8 heteroatoms. The van der Waals surface area contributed by atoms with Crippen LogP contribution < -0.4 is 4.90 Å². The van der Waals surface area contributed by atoms with E-state index in [4.69, 9.17) is 5.26 Å². The molecule has 0 aliphatic carbocycles. The van der Waals surface area contributed by atoms with E-state index in [9.17, 15) is 4.39 Å². The van der Waals surface area contributed by atoms with Gasteiger partial charge in [-0.25, -0.2) is 4.39 Å². The van der Waals surface area contributed by atoms with Crippen molar-refractivity contribution in [3.05, 3.63) is 72.5 Å². The van der Waals surface area contributed by atoms with E-state index in [0.29, 0.717) is 18.2 Å². The Kier molecular flexibility index (Phi) is 7.68. The number of allylic oxidation sites excluding steroid dienone is 3. The van der Waals surface area contributed by atoms with Crippen LogP contribution in [0.5, 0.6) is 0 Å². The van der Waals surface area contributed by atoms with Gasteiger partial charge in [-0.3, -0.25) is 9.58 Å². The zero-order chi connectivity index (χ0) is 24.8. The van der Waals surface area contributed by atoms with Crippen LogP contribution >= 0.6 is 0 Å². The molecule has 3 aromatic rings. The summed E-state index contributed by atoms with van der Waals surface area (Å²) in [6, 6.07) is 12.6. The number of alkyl halides is 1. The molecule has 1 aliphatic heterocycles. The zero-order valence-corrected chi connectivity index (χ0v) is 20.2. The van der Waals surface area contributed by atoms with E-state index in [0.717, 1.165) is 59.5 Å². The number of anilines is 1. The van der Waals surface area contributed by atoms with Gasteiger partial charge in [-0.2, -0.15) is 10.4 Å². The van der Waals surface area contributed by atoms with Crippen molar-refractivity contribution in [1.29, 1.82) is 5.26 Å². The summed E-state index contributed by atoms with van der Waals surface area (Å²) in [6.07, 6.45) is 8.63. The number of hydrogen-bond donors (Lipinski definition) is 0. The Morgan fingerprint density at radius 2 is 1.97 bits per heavy atom. The van der Waals surface area contributed by atoms with Crippen LogP contribution in [0.2, 0.25) is 0 Å². The highest BCUT2D eigenvalue weighted by atomic mass is 19.1. The lowest BCUT2D eigenvalue weighted by atomic mass is 10.0. The summed E-state index contributed by atoms with van der Waals surface area (Å²) in [4.78, 5) is 4.58. The predicted molar refractivity (Wildman–Crippen MR) is 138 cm³/mol. The molecular formula is C27H30FN7. The molecule has 1 aromatic carbocycles. The first kappa shape index (κ1) is 24.3. The number of halogens is 1. The third-order valence-corrected chi connectivity index (χ3v) is 6.47. The van der Waals surface area contributed by atoms with Gasteiger partial charge in [0.1, 0.15) is 12.4 Å². The molecule has 0 spiro atoms. The number of fused-ring (bicyclic) bond motifs is 1. The molecule has 35 heavy (non-hydrogen) atoms. The van der Waals surface area contributed by atoms with Gasteiger partial charge in [0.25, 0.3) is 0 Å². The maximum Gasteiger partial charge on any atom is 0.159 e. The van der Waals surface area contributed by atoms with Crippen LogP contribution in [0.15, 0.2) is 72.5 Å². The van der Waals surface area contributed by atoms with Crippen LogP contribution in [-0.4, -0.2) is 64.3 Å². The maximum atomic E-state index is 12.7. The van der Waals surface area contributed by atoms with Crippen molar-refractivity contribution in [2.75, 3.05) is 38.3 Å². The van der Waals surface area contributed by atoms with Gasteiger partial charge in [-0.05, 0) is 37.6 Å². The van der Waals surface area contributed by atoms with Gasteiger partial charge in [0.2, 0.25) is 0 Å². The largest absolute Gasteiger partial charge is 0.354 e. The number of benzene rings is 1. The maximum absolute atomic E-state index is 12.7. The minimum atomic E-state index is -0.535. The van der Waals surface area contributed by atoms with Crippen LogP contribution in [0.4, 0.5) is 10.2 Å². The van der Waals surface area contributed by atoms with Gasteiger partial charge in [-0.1, -0.05) is 43.0 Å². The summed E-state index contributed by atoms with van der Waals surface area (Å²) >= 11 is 0. The predicted octanol–water partition coefficient (Wildman–Crippen LogP) is 4.46. The van der Waals surface area contributed by atoms with E-state index >= 15 is 0 Å². The molecule has 2 aromatic heterocycles. The summed E-state index contributed by atoms with van der Waals surface area (Å²) in [6.45, 7) is 5.55. The Morgan fingerprint density at radius 3 is 2.63 bits per heavy atom. The highest BCUT2D eigenvalue weighted by Gasteiger charge is 2.25. The van der Waals surface area contributed by atoms with Crippen LogP contribution in [0.25, 0.3) is 22.2 Å². The summed E-state index contributed by atoms with van der Waals surface area (Å²) in [5.41, 5.74) is 3.01. The van der Waals surface area contributed by atoms with E-state index in [-0.39, 0.29) is 0 Å². The Balaban J connectivity index is 1.49. The molecule has 0 amide bonds. The van der Waals surface area contributed by atoms with Crippen molar-refractivity contribution in [3.8, 4) is 17.5 Å². The van der Waals surface area contributed by atoms with Crippen molar-refractivity contribution in [3.63, 3.8) is 0 Å². The molecule has 1 saturated heterocycles. The van der Waals surface area contributed by atoms with Crippen molar-refractivity contribution < 1.29 is 4.39 Å². The molecule has 180 valence electrons. The van der Waals surface area contributed by atoms with Gasteiger partial charge in [-0.15, -0.1) is 10.2 Å². The van der Waals surface area contributed by atoms with Crippen molar-refractivity contribution in [2.45, 2.75) is 18.9 Å². The standard InChI is InChI=1S/C27H30FN7/c1-20(18-29)17-21(7-6-13-28)19-33(2)22-11-15-35(16-12-22)27-24-9-5-4-8-23(24)26(31-32-27)25-10-14-30-34(25)3/h4-10,14,17,22H,1,11-13,15-16,19H2,2-3H3/b7-6-,21-17+. The number of hydrogen-bond acceptors (Lipinski definition) is 6. The number of nitriles is 1. The van der Waals surface area contributed by atoms with Crippen molar-refractivity contribution in [1.82, 2.24) is 24.9 Å². The third-order valence-electron chi connectivity index (χ3n) is 6.47. The highest BCUT2D eigenvalue weighted by molar-refractivity contribution is 5.99. The monoisotopic (exact) mass is 471 g/mol. The second-order valence-electron chi connectivity index (χ2n) is 8.80. The van der Waals surface area contributed by atoms with E-state index in [2.05, 4.69) is 50.9 Å². The fourth-order valence-corrected chi connectivity index (χ4v) is 4.65. The second-order valence-corrected chi connectivity index (χ2v) is 8.80. The molecule has 1 aliphatic rings. The molecule has 0 saturated carbocycles. The highest BCUT2D eigenvalue weighted by Crippen LogP contribution is 2.32. The number of likely N-dealkylation sites (N-methyl/N-ethyl adjacent to an activating group) is 1. The molecule has 0 atom stereocenters. The normalized spacial score (nSPS) is 15.3. The zero-order valence-electron chi connectivity index (χ0n) is 20.2. The lowest BCUT2D eigenvalue weighted by Gasteiger charge is -2.37. The van der Waals surface area contributed by atoms with Crippen LogP contribution in [0, 0.1) is 11.3 Å². The first-order valence-electron chi connectivity index (χ1n) is 11.7. The quantitative estimate of drug-likeness (QED) is 0.357. The third kappa shape index (κ3) is 5.47. The van der Waals surface area contributed by atoms with Gasteiger partial charge in [0.05, 0.1) is 11.8 Å². The Labute approximate surface area is 205 Å². The molecule has 0 unspecified atom stereocenters. The van der Waals surface area contributed by atoms with Crippen LogP contribution in [0.1, 0.15) is 12.8 Å². The molecule has 0 radical (unpaired) electrons. The van der Waals surface area contributed by atoms with Gasteiger partial charge < -0.3 is 4.90 Å². The Hall–Kier alpha value is -3.83. The van der Waals surface area contributed by atoms with Crippen molar-refractivity contribution in [2.24, 2.45) is 7.05 Å². The SMILES string of the molecule is C=C(C#N)/C=C(\C=C/CF)CN(C)C1CCN(c2nnc(-c3ccnn3C)c3ccccc23)CC1. The summed E-state index contributed by atoms with van der Waals surface area (Å²) in [5, 5.41) is 24.7. The number of nitrogens with zero attached hydrogens (tertiary/aromatic N) is 7. The fourth-order valence-electron chi connectivity index (χ4n) is 4.65. The Morgan fingerprint density at radius 1 is 1.23 bits per heavy atom.